The van der Waals surface area contributed by atoms with E-state index in [0.29, 0.717) is 37.6 Å². The normalized spacial score (nSPS) is 16.9. The van der Waals surface area contributed by atoms with Gasteiger partial charge in [0.2, 0.25) is 16.8 Å². The van der Waals surface area contributed by atoms with Gasteiger partial charge in [-0.1, -0.05) is 32.2 Å². The molecule has 1 aromatic rings. The Morgan fingerprint density at radius 2 is 2.12 bits per heavy atom. The first-order valence-electron chi connectivity index (χ1n) is 10.6. The lowest BCUT2D eigenvalue weighted by molar-refractivity contribution is 0.174. The second-order valence-electron chi connectivity index (χ2n) is 8.02. The zero-order chi connectivity index (χ0) is 24.0. The van der Waals surface area contributed by atoms with E-state index in [1.165, 1.54) is 18.1 Å². The number of sulfonamides is 1. The van der Waals surface area contributed by atoms with Gasteiger partial charge < -0.3 is 20.1 Å². The van der Waals surface area contributed by atoms with Gasteiger partial charge in [-0.3, -0.25) is 4.99 Å². The average Bonchev–Trinajstić information content (AvgIpc) is 3.33. The van der Waals surface area contributed by atoms with E-state index in [2.05, 4.69) is 26.3 Å². The molecule has 0 atom stereocenters. The third-order valence-corrected chi connectivity index (χ3v) is 7.33. The number of ether oxygens (including phenoxy) is 2. The summed E-state index contributed by atoms with van der Waals surface area (Å²) in [4.78, 5) is 15.8. The van der Waals surface area contributed by atoms with Crippen molar-refractivity contribution >= 4 is 39.1 Å². The fourth-order valence-electron chi connectivity index (χ4n) is 3.02. The maximum absolute atomic E-state index is 12.3. The van der Waals surface area contributed by atoms with E-state index in [0.717, 1.165) is 21.4 Å². The number of hydrogen-bond donors (Lipinski definition) is 2. The van der Waals surface area contributed by atoms with Crippen LogP contribution >= 0.6 is 11.8 Å². The van der Waals surface area contributed by atoms with Crippen LogP contribution in [-0.4, -0.2) is 62.8 Å². The number of aryl methyl sites for hydroxylation is 1. The molecular formula is C21H30N6O4S2. The number of aliphatic imine (C=N–C) groups is 3. The van der Waals surface area contributed by atoms with Crippen molar-refractivity contribution in [2.24, 2.45) is 26.6 Å². The zero-order valence-electron chi connectivity index (χ0n) is 19.1. The third-order valence-electron chi connectivity index (χ3n) is 4.71. The fraction of sp³-hybridized carbons (Fsp3) is 0.476. The number of fused-ring (bicyclic) bond motifs is 1. The number of thioether (sulfide) groups is 1. The molecule has 0 spiro atoms. The SMILES string of the molecule is C=C(N)/N=C\N=C1/CN=C(Sc2cc3c(cc2C)OCO3)N1CCCS(=O)(=O)NCC(C)C. The summed E-state index contributed by atoms with van der Waals surface area (Å²) in [6.45, 7) is 10.9. The van der Waals surface area contributed by atoms with Crippen molar-refractivity contribution in [1.29, 1.82) is 0 Å². The minimum atomic E-state index is -3.35. The van der Waals surface area contributed by atoms with Crippen LogP contribution in [0.2, 0.25) is 0 Å². The van der Waals surface area contributed by atoms with Crippen molar-refractivity contribution in [3.8, 4) is 11.5 Å². The van der Waals surface area contributed by atoms with Crippen molar-refractivity contribution in [2.45, 2.75) is 32.1 Å². The highest BCUT2D eigenvalue weighted by Gasteiger charge is 2.26. The number of benzene rings is 1. The molecule has 33 heavy (non-hydrogen) atoms. The lowest BCUT2D eigenvalue weighted by atomic mass is 10.2. The van der Waals surface area contributed by atoms with E-state index in [9.17, 15) is 8.42 Å². The summed E-state index contributed by atoms with van der Waals surface area (Å²) < 4.78 is 38.2. The Kier molecular flexibility index (Phi) is 8.38. The molecule has 1 aromatic carbocycles. The molecule has 0 amide bonds. The van der Waals surface area contributed by atoms with Crippen LogP contribution in [0.25, 0.3) is 0 Å². The predicted molar refractivity (Wildman–Crippen MR) is 133 cm³/mol. The van der Waals surface area contributed by atoms with E-state index in [1.807, 2.05) is 37.8 Å². The first-order chi connectivity index (χ1) is 15.6. The summed E-state index contributed by atoms with van der Waals surface area (Å²) in [5.74, 6) is 2.48. The van der Waals surface area contributed by atoms with Crippen molar-refractivity contribution in [2.75, 3.05) is 32.2 Å². The van der Waals surface area contributed by atoms with Crippen LogP contribution in [0, 0.1) is 12.8 Å². The van der Waals surface area contributed by atoms with E-state index in [4.69, 9.17) is 15.2 Å². The highest BCUT2D eigenvalue weighted by atomic mass is 32.2. The smallest absolute Gasteiger partial charge is 0.231 e. The molecule has 0 unspecified atom stereocenters. The van der Waals surface area contributed by atoms with Gasteiger partial charge in [-0.25, -0.2) is 23.1 Å². The number of amidine groups is 2. The Labute approximate surface area is 199 Å². The molecule has 0 aromatic heterocycles. The summed E-state index contributed by atoms with van der Waals surface area (Å²) in [7, 11) is -3.35. The Hall–Kier alpha value is -2.57. The number of nitrogens with one attached hydrogen (secondary N) is 1. The van der Waals surface area contributed by atoms with Gasteiger partial charge in [0.05, 0.1) is 5.75 Å². The molecule has 3 rings (SSSR count). The number of hydrogen-bond acceptors (Lipinski definition) is 8. The molecule has 2 aliphatic rings. The predicted octanol–water partition coefficient (Wildman–Crippen LogP) is 2.31. The van der Waals surface area contributed by atoms with Gasteiger partial charge in [0.25, 0.3) is 0 Å². The first-order valence-corrected chi connectivity index (χ1v) is 13.0. The van der Waals surface area contributed by atoms with Gasteiger partial charge in [0, 0.05) is 18.0 Å². The molecule has 12 heteroatoms. The highest BCUT2D eigenvalue weighted by molar-refractivity contribution is 8.14. The topological polar surface area (TPSA) is 131 Å². The Morgan fingerprint density at radius 3 is 2.82 bits per heavy atom. The second kappa shape index (κ2) is 11.0. The average molecular weight is 495 g/mol. The summed E-state index contributed by atoms with van der Waals surface area (Å²) >= 11 is 1.48. The maximum atomic E-state index is 12.3. The van der Waals surface area contributed by atoms with Gasteiger partial charge in [-0.15, -0.1) is 0 Å². The number of rotatable bonds is 10. The van der Waals surface area contributed by atoms with Crippen LogP contribution in [0.15, 0.2) is 44.4 Å². The van der Waals surface area contributed by atoms with Gasteiger partial charge in [0.1, 0.15) is 24.5 Å². The minimum absolute atomic E-state index is 0.0121. The standard InChI is InChI=1S/C21H30N6O4S2/c1-14(2)10-26-33(28,29)7-5-6-27-20(25-12-24-16(4)22)11-23-21(27)32-19-9-18-17(8-15(19)3)30-13-31-18/h8-9,12,14,26H,4-7,10-11,13,22H2,1-3H3/b24-12-,25-20+. The minimum Gasteiger partial charge on any atom is -0.454 e. The molecule has 2 aliphatic heterocycles. The molecule has 0 saturated heterocycles. The second-order valence-corrected chi connectivity index (χ2v) is 11.0. The summed E-state index contributed by atoms with van der Waals surface area (Å²) in [5, 5.41) is 0.725. The molecule has 0 aliphatic carbocycles. The van der Waals surface area contributed by atoms with Crippen LogP contribution in [0.3, 0.4) is 0 Å². The fourth-order valence-corrected chi connectivity index (χ4v) is 5.28. The summed E-state index contributed by atoms with van der Waals surface area (Å²) in [6.07, 6.45) is 1.74. The lowest BCUT2D eigenvalue weighted by Crippen LogP contribution is -2.35. The first kappa shape index (κ1) is 25.1. The number of nitrogens with zero attached hydrogens (tertiary/aromatic N) is 4. The van der Waals surface area contributed by atoms with Crippen LogP contribution in [-0.2, 0) is 10.0 Å². The van der Waals surface area contributed by atoms with Gasteiger partial charge >= 0.3 is 0 Å². The van der Waals surface area contributed by atoms with Crippen molar-refractivity contribution < 1.29 is 17.9 Å². The number of nitrogens with two attached hydrogens (primary N) is 1. The molecule has 0 saturated carbocycles. The van der Waals surface area contributed by atoms with Crippen molar-refractivity contribution in [3.63, 3.8) is 0 Å². The van der Waals surface area contributed by atoms with Crippen LogP contribution < -0.4 is 19.9 Å². The molecule has 0 fully saturated rings. The quantitative estimate of drug-likeness (QED) is 0.377. The van der Waals surface area contributed by atoms with Crippen LogP contribution in [0.5, 0.6) is 11.5 Å². The summed E-state index contributed by atoms with van der Waals surface area (Å²) in [5.41, 5.74) is 6.50. The van der Waals surface area contributed by atoms with E-state index < -0.39 is 10.0 Å². The van der Waals surface area contributed by atoms with Gasteiger partial charge in [-0.05, 0) is 37.0 Å². The molecule has 10 nitrogen and oxygen atoms in total. The van der Waals surface area contributed by atoms with E-state index >= 15 is 0 Å². The summed E-state index contributed by atoms with van der Waals surface area (Å²) in [6, 6.07) is 3.87. The largest absolute Gasteiger partial charge is 0.454 e. The molecule has 3 N–H and O–H groups in total. The van der Waals surface area contributed by atoms with Gasteiger partial charge in [0.15, 0.2) is 16.7 Å². The third kappa shape index (κ3) is 7.21. The molecule has 0 bridgehead atoms. The molecule has 2 heterocycles. The zero-order valence-corrected chi connectivity index (χ0v) is 20.7. The monoisotopic (exact) mass is 494 g/mol. The van der Waals surface area contributed by atoms with E-state index in [1.54, 1.807) is 0 Å². The molecular weight excluding hydrogens is 464 g/mol. The van der Waals surface area contributed by atoms with Crippen LogP contribution in [0.1, 0.15) is 25.8 Å². The Morgan fingerprint density at radius 1 is 1.39 bits per heavy atom. The lowest BCUT2D eigenvalue weighted by Gasteiger charge is -2.21. The van der Waals surface area contributed by atoms with Crippen molar-refractivity contribution in [3.05, 3.63) is 30.1 Å². The Balaban J connectivity index is 1.73. The van der Waals surface area contributed by atoms with E-state index in [-0.39, 0.29) is 24.3 Å². The molecule has 180 valence electrons. The maximum Gasteiger partial charge on any atom is 0.231 e. The molecule has 0 radical (unpaired) electrons. The Bertz CT molecular complexity index is 1080. The van der Waals surface area contributed by atoms with Crippen molar-refractivity contribution in [1.82, 2.24) is 9.62 Å². The highest BCUT2D eigenvalue weighted by Crippen LogP contribution is 2.39. The van der Waals surface area contributed by atoms with Gasteiger partial charge in [-0.2, -0.15) is 0 Å². The van der Waals surface area contributed by atoms with Crippen LogP contribution in [0.4, 0.5) is 0 Å².